The molecule has 1 aromatic carbocycles. The summed E-state index contributed by atoms with van der Waals surface area (Å²) < 4.78 is 21.2. The van der Waals surface area contributed by atoms with E-state index in [0.717, 1.165) is 5.56 Å². The number of alkyl carbamates (subject to hydrolysis) is 1. The van der Waals surface area contributed by atoms with Crippen molar-refractivity contribution in [3.8, 4) is 0 Å². The first kappa shape index (κ1) is 30.9. The standard InChI is InChI=1S/C26H40N2O8/c1-17(35-25(2,3)4)21(23(31)33-8)28-22(30)19(14-15-20(29)36-26(5,6)7)27-24(32)34-16-18-12-10-9-11-13-18/h9-13,17,19,21H,14-16H2,1-8H3,(H,27,32)(H,28,30)/t17?,19-,21-/m0/s1. The largest absolute Gasteiger partial charge is 0.467 e. The van der Waals surface area contributed by atoms with Crippen molar-refractivity contribution >= 4 is 23.9 Å². The van der Waals surface area contributed by atoms with Gasteiger partial charge in [-0.2, -0.15) is 0 Å². The molecule has 0 aliphatic heterocycles. The van der Waals surface area contributed by atoms with Crippen LogP contribution in [0, 0.1) is 0 Å². The molecule has 0 aliphatic rings. The van der Waals surface area contributed by atoms with Gasteiger partial charge in [-0.25, -0.2) is 9.59 Å². The first-order valence-electron chi connectivity index (χ1n) is 11.9. The van der Waals surface area contributed by atoms with E-state index in [4.69, 9.17) is 18.9 Å². The Balaban J connectivity index is 2.97. The van der Waals surface area contributed by atoms with Crippen LogP contribution in [-0.2, 0) is 39.9 Å². The van der Waals surface area contributed by atoms with Gasteiger partial charge >= 0.3 is 18.0 Å². The highest BCUT2D eigenvalue weighted by Crippen LogP contribution is 2.15. The maximum Gasteiger partial charge on any atom is 0.408 e. The molecule has 2 N–H and O–H groups in total. The van der Waals surface area contributed by atoms with Gasteiger partial charge in [-0.1, -0.05) is 30.3 Å². The second-order valence-electron chi connectivity index (χ2n) is 10.3. The number of rotatable bonds is 11. The third-order valence-electron chi connectivity index (χ3n) is 4.64. The molecule has 0 aliphatic carbocycles. The molecule has 0 radical (unpaired) electrons. The summed E-state index contributed by atoms with van der Waals surface area (Å²) in [4.78, 5) is 50.2. The number of amides is 2. The fourth-order valence-electron chi connectivity index (χ4n) is 3.21. The van der Waals surface area contributed by atoms with Crippen LogP contribution in [-0.4, -0.2) is 60.4 Å². The summed E-state index contributed by atoms with van der Waals surface area (Å²) in [6.45, 7) is 12.2. The minimum atomic E-state index is -1.19. The Hall–Kier alpha value is -3.14. The van der Waals surface area contributed by atoms with Crippen molar-refractivity contribution in [1.82, 2.24) is 10.6 Å². The SMILES string of the molecule is COC(=O)[C@@H](NC(=O)[C@H](CCC(=O)OC(C)(C)C)NC(=O)OCc1ccccc1)C(C)OC(C)(C)C. The fraction of sp³-hybridized carbons (Fsp3) is 0.615. The van der Waals surface area contributed by atoms with Gasteiger partial charge in [0.15, 0.2) is 6.04 Å². The molecule has 0 fully saturated rings. The average molecular weight is 509 g/mol. The number of ether oxygens (including phenoxy) is 4. The molecule has 1 rings (SSSR count). The van der Waals surface area contributed by atoms with E-state index in [1.165, 1.54) is 7.11 Å². The van der Waals surface area contributed by atoms with E-state index >= 15 is 0 Å². The van der Waals surface area contributed by atoms with E-state index in [1.807, 2.05) is 39.0 Å². The van der Waals surface area contributed by atoms with E-state index < -0.39 is 53.3 Å². The molecule has 36 heavy (non-hydrogen) atoms. The lowest BCUT2D eigenvalue weighted by Gasteiger charge is -2.31. The summed E-state index contributed by atoms with van der Waals surface area (Å²) in [6, 6.07) is 6.70. The van der Waals surface area contributed by atoms with Crippen LogP contribution in [0.2, 0.25) is 0 Å². The zero-order valence-electron chi connectivity index (χ0n) is 22.5. The predicted molar refractivity (Wildman–Crippen MR) is 133 cm³/mol. The van der Waals surface area contributed by atoms with Gasteiger partial charge in [0.25, 0.3) is 0 Å². The number of carbonyl (C=O) groups excluding carboxylic acids is 4. The van der Waals surface area contributed by atoms with Crippen molar-refractivity contribution in [3.63, 3.8) is 0 Å². The highest BCUT2D eigenvalue weighted by Gasteiger charge is 2.34. The van der Waals surface area contributed by atoms with Crippen LogP contribution in [0.5, 0.6) is 0 Å². The summed E-state index contributed by atoms with van der Waals surface area (Å²) in [6.07, 6.45) is -1.82. The summed E-state index contributed by atoms with van der Waals surface area (Å²) >= 11 is 0. The Morgan fingerprint density at radius 1 is 0.917 bits per heavy atom. The maximum absolute atomic E-state index is 13.2. The molecule has 0 saturated carbocycles. The number of hydrogen-bond donors (Lipinski definition) is 2. The summed E-state index contributed by atoms with van der Waals surface area (Å²) in [7, 11) is 1.20. The average Bonchev–Trinajstić information content (AvgIpc) is 2.76. The smallest absolute Gasteiger partial charge is 0.408 e. The molecule has 10 nitrogen and oxygen atoms in total. The molecule has 2 amide bonds. The van der Waals surface area contributed by atoms with Crippen LogP contribution < -0.4 is 10.6 Å². The van der Waals surface area contributed by atoms with Crippen molar-refractivity contribution in [1.29, 1.82) is 0 Å². The van der Waals surface area contributed by atoms with Crippen molar-refractivity contribution in [2.45, 2.75) is 97.3 Å². The van der Waals surface area contributed by atoms with Crippen molar-refractivity contribution in [2.75, 3.05) is 7.11 Å². The normalized spacial score (nSPS) is 14.1. The zero-order chi connectivity index (χ0) is 27.5. The van der Waals surface area contributed by atoms with Gasteiger partial charge in [0.2, 0.25) is 5.91 Å². The first-order chi connectivity index (χ1) is 16.6. The van der Waals surface area contributed by atoms with Crippen molar-refractivity contribution in [3.05, 3.63) is 35.9 Å². The van der Waals surface area contributed by atoms with Gasteiger partial charge in [-0.15, -0.1) is 0 Å². The number of hydrogen-bond acceptors (Lipinski definition) is 8. The molecule has 0 spiro atoms. The van der Waals surface area contributed by atoms with Crippen LogP contribution in [0.1, 0.15) is 66.9 Å². The number of methoxy groups -OCH3 is 1. The lowest BCUT2D eigenvalue weighted by molar-refractivity contribution is -0.156. The van der Waals surface area contributed by atoms with Crippen LogP contribution in [0.4, 0.5) is 4.79 Å². The van der Waals surface area contributed by atoms with Crippen LogP contribution in [0.3, 0.4) is 0 Å². The van der Waals surface area contributed by atoms with Crippen LogP contribution in [0.15, 0.2) is 30.3 Å². The number of benzene rings is 1. The van der Waals surface area contributed by atoms with Gasteiger partial charge in [0, 0.05) is 6.42 Å². The van der Waals surface area contributed by atoms with E-state index in [0.29, 0.717) is 0 Å². The summed E-state index contributed by atoms with van der Waals surface area (Å²) in [5, 5.41) is 5.06. The number of nitrogens with one attached hydrogen (secondary N) is 2. The molecule has 1 unspecified atom stereocenters. The molecule has 0 aromatic heterocycles. The van der Waals surface area contributed by atoms with Crippen LogP contribution >= 0.6 is 0 Å². The topological polar surface area (TPSA) is 129 Å². The zero-order valence-corrected chi connectivity index (χ0v) is 22.5. The van der Waals surface area contributed by atoms with Gasteiger partial charge in [0.05, 0.1) is 18.8 Å². The highest BCUT2D eigenvalue weighted by molar-refractivity contribution is 5.90. The van der Waals surface area contributed by atoms with E-state index in [1.54, 1.807) is 39.8 Å². The molecular formula is C26H40N2O8. The third kappa shape index (κ3) is 12.5. The quantitative estimate of drug-likeness (QED) is 0.344. The second kappa shape index (κ2) is 13.8. The van der Waals surface area contributed by atoms with Gasteiger partial charge in [-0.3, -0.25) is 9.59 Å². The maximum atomic E-state index is 13.2. The Bertz CT molecular complexity index is 874. The highest BCUT2D eigenvalue weighted by atomic mass is 16.6. The summed E-state index contributed by atoms with van der Waals surface area (Å²) in [5.74, 6) is -1.94. The molecule has 0 heterocycles. The number of esters is 2. The molecule has 1 aromatic rings. The minimum absolute atomic E-state index is 0.00563. The fourth-order valence-corrected chi connectivity index (χ4v) is 3.21. The Labute approximate surface area is 213 Å². The lowest BCUT2D eigenvalue weighted by Crippen LogP contribution is -2.56. The van der Waals surface area contributed by atoms with Gasteiger partial charge in [-0.05, 0) is 60.5 Å². The van der Waals surface area contributed by atoms with Crippen LogP contribution in [0.25, 0.3) is 0 Å². The Kier molecular flexibility index (Phi) is 11.9. The molecule has 0 saturated heterocycles. The molecule has 3 atom stereocenters. The lowest BCUT2D eigenvalue weighted by atomic mass is 10.1. The third-order valence-corrected chi connectivity index (χ3v) is 4.64. The van der Waals surface area contributed by atoms with Gasteiger partial charge < -0.3 is 29.6 Å². The van der Waals surface area contributed by atoms with Crippen molar-refractivity contribution in [2.24, 2.45) is 0 Å². The van der Waals surface area contributed by atoms with E-state index in [-0.39, 0.29) is 19.4 Å². The molecule has 10 heteroatoms. The molecule has 0 bridgehead atoms. The number of carbonyl (C=O) groups is 4. The molecular weight excluding hydrogens is 468 g/mol. The monoisotopic (exact) mass is 508 g/mol. The van der Waals surface area contributed by atoms with E-state index in [9.17, 15) is 19.2 Å². The minimum Gasteiger partial charge on any atom is -0.467 e. The van der Waals surface area contributed by atoms with Gasteiger partial charge in [0.1, 0.15) is 18.2 Å². The predicted octanol–water partition coefficient (Wildman–Crippen LogP) is 3.26. The first-order valence-corrected chi connectivity index (χ1v) is 11.9. The van der Waals surface area contributed by atoms with E-state index in [2.05, 4.69) is 10.6 Å². The van der Waals surface area contributed by atoms with Crippen molar-refractivity contribution < 1.29 is 38.1 Å². The second-order valence-corrected chi connectivity index (χ2v) is 10.3. The summed E-state index contributed by atoms with van der Waals surface area (Å²) in [5.41, 5.74) is -0.528. The Morgan fingerprint density at radius 3 is 2.06 bits per heavy atom. The molecule has 202 valence electrons. The Morgan fingerprint density at radius 2 is 1.53 bits per heavy atom.